The first-order valence-corrected chi connectivity index (χ1v) is 8.76. The topological polar surface area (TPSA) is 93.5 Å². The number of alkyl carbamates (subject to hydrolysis) is 1. The molecule has 0 spiro atoms. The average Bonchev–Trinajstić information content (AvgIpc) is 3.06. The SMILES string of the molecule is CCCn1cncc1CC(CCC(=O)O)NC(=O)OCc1ccccc1. The van der Waals surface area contributed by atoms with Crippen LogP contribution in [0, 0.1) is 0 Å². The minimum absolute atomic E-state index is 0.0223. The van der Waals surface area contributed by atoms with Crippen molar-refractivity contribution in [2.75, 3.05) is 0 Å². The molecule has 1 aromatic carbocycles. The number of carbonyl (C=O) groups excluding carboxylic acids is 1. The van der Waals surface area contributed by atoms with Gasteiger partial charge in [-0.05, 0) is 18.4 Å². The summed E-state index contributed by atoms with van der Waals surface area (Å²) in [7, 11) is 0. The number of ether oxygens (including phenoxy) is 1. The summed E-state index contributed by atoms with van der Waals surface area (Å²) in [5.41, 5.74) is 1.86. The lowest BCUT2D eigenvalue weighted by Crippen LogP contribution is -2.37. The van der Waals surface area contributed by atoms with Crippen LogP contribution in [0.4, 0.5) is 4.79 Å². The molecule has 2 N–H and O–H groups in total. The van der Waals surface area contributed by atoms with Crippen molar-refractivity contribution < 1.29 is 19.4 Å². The fourth-order valence-electron chi connectivity index (χ4n) is 2.67. The highest BCUT2D eigenvalue weighted by Crippen LogP contribution is 2.10. The average molecular weight is 359 g/mol. The number of aromatic nitrogens is 2. The third-order valence-electron chi connectivity index (χ3n) is 3.96. The Bertz CT molecular complexity index is 700. The molecule has 1 heterocycles. The summed E-state index contributed by atoms with van der Waals surface area (Å²) in [5, 5.41) is 11.7. The van der Waals surface area contributed by atoms with Crippen molar-refractivity contribution >= 4 is 12.1 Å². The number of carboxylic acids is 1. The van der Waals surface area contributed by atoms with Crippen molar-refractivity contribution in [2.24, 2.45) is 0 Å². The zero-order chi connectivity index (χ0) is 18.8. The molecule has 0 aliphatic rings. The van der Waals surface area contributed by atoms with Gasteiger partial charge >= 0.3 is 12.1 Å². The number of benzene rings is 1. The zero-order valence-electron chi connectivity index (χ0n) is 14.9. The Morgan fingerprint density at radius 1 is 1.31 bits per heavy atom. The van der Waals surface area contributed by atoms with Crippen LogP contribution in [0.2, 0.25) is 0 Å². The Balaban J connectivity index is 1.93. The molecule has 0 saturated heterocycles. The normalized spacial score (nSPS) is 11.7. The highest BCUT2D eigenvalue weighted by Gasteiger charge is 2.17. The molecule has 2 rings (SSSR count). The lowest BCUT2D eigenvalue weighted by Gasteiger charge is -2.19. The van der Waals surface area contributed by atoms with E-state index in [-0.39, 0.29) is 19.1 Å². The maximum absolute atomic E-state index is 12.1. The fourth-order valence-corrected chi connectivity index (χ4v) is 2.67. The number of carboxylic acid groups (broad SMARTS) is 1. The molecular weight excluding hydrogens is 334 g/mol. The van der Waals surface area contributed by atoms with Crippen LogP contribution in [-0.4, -0.2) is 32.8 Å². The highest BCUT2D eigenvalue weighted by molar-refractivity contribution is 5.68. The van der Waals surface area contributed by atoms with Crippen molar-refractivity contribution in [3.63, 3.8) is 0 Å². The molecule has 140 valence electrons. The molecule has 0 saturated carbocycles. The first-order chi connectivity index (χ1) is 12.6. The van der Waals surface area contributed by atoms with Crippen LogP contribution in [-0.2, 0) is 29.1 Å². The van der Waals surface area contributed by atoms with Crippen LogP contribution >= 0.6 is 0 Å². The minimum atomic E-state index is -0.892. The number of nitrogens with one attached hydrogen (secondary N) is 1. The Morgan fingerprint density at radius 2 is 2.08 bits per heavy atom. The molecule has 1 amide bonds. The predicted octanol–water partition coefficient (Wildman–Crippen LogP) is 3.00. The van der Waals surface area contributed by atoms with Gasteiger partial charge in [-0.25, -0.2) is 9.78 Å². The molecule has 0 radical (unpaired) electrons. The molecule has 0 aliphatic heterocycles. The van der Waals surface area contributed by atoms with Gasteiger partial charge in [0.1, 0.15) is 6.61 Å². The van der Waals surface area contributed by atoms with Gasteiger partial charge in [-0.1, -0.05) is 37.3 Å². The number of aliphatic carboxylic acids is 1. The Labute approximate surface area is 153 Å². The second kappa shape index (κ2) is 10.2. The quantitative estimate of drug-likeness (QED) is 0.680. The van der Waals surface area contributed by atoms with Gasteiger partial charge in [-0.15, -0.1) is 0 Å². The number of imidazole rings is 1. The molecule has 0 fully saturated rings. The highest BCUT2D eigenvalue weighted by atomic mass is 16.5. The summed E-state index contributed by atoms with van der Waals surface area (Å²) in [6.45, 7) is 3.08. The van der Waals surface area contributed by atoms with E-state index in [1.807, 2.05) is 34.9 Å². The lowest BCUT2D eigenvalue weighted by molar-refractivity contribution is -0.137. The first-order valence-electron chi connectivity index (χ1n) is 8.76. The molecule has 1 atom stereocenters. The lowest BCUT2D eigenvalue weighted by atomic mass is 10.1. The van der Waals surface area contributed by atoms with Gasteiger partial charge in [0, 0.05) is 37.3 Å². The van der Waals surface area contributed by atoms with Crippen LogP contribution in [0.25, 0.3) is 0 Å². The molecular formula is C19H25N3O4. The molecule has 2 aromatic rings. The van der Waals surface area contributed by atoms with Gasteiger partial charge in [0.2, 0.25) is 0 Å². The number of nitrogens with zero attached hydrogens (tertiary/aromatic N) is 2. The maximum Gasteiger partial charge on any atom is 0.407 e. The van der Waals surface area contributed by atoms with Crippen molar-refractivity contribution in [3.8, 4) is 0 Å². The Kier molecular flexibility index (Phi) is 7.67. The largest absolute Gasteiger partial charge is 0.481 e. The number of carbonyl (C=O) groups is 2. The van der Waals surface area contributed by atoms with E-state index >= 15 is 0 Å². The predicted molar refractivity (Wildman–Crippen MR) is 96.6 cm³/mol. The third kappa shape index (κ3) is 6.58. The van der Waals surface area contributed by atoms with Crippen molar-refractivity contribution in [2.45, 2.75) is 51.8 Å². The number of rotatable bonds is 10. The number of aryl methyl sites for hydroxylation is 1. The fraction of sp³-hybridized carbons (Fsp3) is 0.421. The molecule has 7 nitrogen and oxygen atoms in total. The van der Waals surface area contributed by atoms with Crippen LogP contribution in [0.15, 0.2) is 42.9 Å². The second-order valence-electron chi connectivity index (χ2n) is 6.12. The van der Waals surface area contributed by atoms with Gasteiger partial charge in [0.15, 0.2) is 0 Å². The molecule has 7 heteroatoms. The van der Waals surface area contributed by atoms with Gasteiger partial charge in [-0.3, -0.25) is 4.79 Å². The van der Waals surface area contributed by atoms with E-state index in [0.717, 1.165) is 24.2 Å². The third-order valence-corrected chi connectivity index (χ3v) is 3.96. The molecule has 1 unspecified atom stereocenters. The second-order valence-corrected chi connectivity index (χ2v) is 6.12. The molecule has 0 bridgehead atoms. The van der Waals surface area contributed by atoms with E-state index in [2.05, 4.69) is 17.2 Å². The van der Waals surface area contributed by atoms with E-state index in [4.69, 9.17) is 9.84 Å². The van der Waals surface area contributed by atoms with Gasteiger partial charge in [0.05, 0.1) is 6.33 Å². The monoisotopic (exact) mass is 359 g/mol. The Hall–Kier alpha value is -2.83. The maximum atomic E-state index is 12.1. The molecule has 26 heavy (non-hydrogen) atoms. The van der Waals surface area contributed by atoms with Crippen molar-refractivity contribution in [3.05, 3.63) is 54.1 Å². The van der Waals surface area contributed by atoms with Crippen LogP contribution < -0.4 is 5.32 Å². The van der Waals surface area contributed by atoms with E-state index < -0.39 is 12.1 Å². The van der Waals surface area contributed by atoms with E-state index in [0.29, 0.717) is 12.8 Å². The van der Waals surface area contributed by atoms with Gasteiger partial charge < -0.3 is 19.7 Å². The van der Waals surface area contributed by atoms with Crippen LogP contribution in [0.5, 0.6) is 0 Å². The van der Waals surface area contributed by atoms with Crippen LogP contribution in [0.1, 0.15) is 37.4 Å². The Morgan fingerprint density at radius 3 is 2.77 bits per heavy atom. The zero-order valence-corrected chi connectivity index (χ0v) is 14.9. The minimum Gasteiger partial charge on any atom is -0.481 e. The van der Waals surface area contributed by atoms with Gasteiger partial charge in [0.25, 0.3) is 0 Å². The van der Waals surface area contributed by atoms with E-state index in [1.54, 1.807) is 12.5 Å². The summed E-state index contributed by atoms with van der Waals surface area (Å²) in [4.78, 5) is 27.2. The van der Waals surface area contributed by atoms with Crippen molar-refractivity contribution in [1.29, 1.82) is 0 Å². The van der Waals surface area contributed by atoms with E-state index in [9.17, 15) is 9.59 Å². The van der Waals surface area contributed by atoms with E-state index in [1.165, 1.54) is 0 Å². The summed E-state index contributed by atoms with van der Waals surface area (Å²) >= 11 is 0. The summed E-state index contributed by atoms with van der Waals surface area (Å²) < 4.78 is 7.26. The number of hydrogen-bond donors (Lipinski definition) is 2. The smallest absolute Gasteiger partial charge is 0.407 e. The van der Waals surface area contributed by atoms with Crippen molar-refractivity contribution in [1.82, 2.24) is 14.9 Å². The summed E-state index contributed by atoms with van der Waals surface area (Å²) in [6, 6.07) is 9.06. The van der Waals surface area contributed by atoms with Crippen LogP contribution in [0.3, 0.4) is 0 Å². The standard InChI is InChI=1S/C19H25N3O4/c1-2-10-22-14-20-12-17(22)11-16(8-9-18(23)24)21-19(25)26-13-15-6-4-3-5-7-15/h3-7,12,14,16H,2,8-11,13H2,1H3,(H,21,25)(H,23,24). The number of hydrogen-bond acceptors (Lipinski definition) is 4. The summed E-state index contributed by atoms with van der Waals surface area (Å²) in [5.74, 6) is -0.892. The molecule has 0 aliphatic carbocycles. The van der Waals surface area contributed by atoms with Gasteiger partial charge in [-0.2, -0.15) is 0 Å². The molecule has 1 aromatic heterocycles. The first kappa shape index (κ1) is 19.5. The number of amides is 1. The summed E-state index contributed by atoms with van der Waals surface area (Å²) in [6.07, 6.45) is 4.73.